The zero-order valence-corrected chi connectivity index (χ0v) is 6.68. The molecule has 0 aromatic carbocycles. The Hall–Kier alpha value is 0.0274. The molecule has 0 aromatic rings. The molecule has 0 aromatic heterocycles. The Morgan fingerprint density at radius 3 is 2.60 bits per heavy atom. The predicted molar refractivity (Wildman–Crippen MR) is 41.2 cm³/mol. The third kappa shape index (κ3) is 10.9. The van der Waals surface area contributed by atoms with Gasteiger partial charge >= 0.3 is 5.97 Å². The molecule has 10 heavy (non-hydrogen) atoms. The van der Waals surface area contributed by atoms with E-state index in [0.717, 1.165) is 19.5 Å². The molecule has 0 aliphatic rings. The molecule has 4 heteroatoms. The summed E-state index contributed by atoms with van der Waals surface area (Å²) in [5.41, 5.74) is 0. The van der Waals surface area contributed by atoms with Gasteiger partial charge in [-0.15, -0.1) is 0 Å². The SMILES string of the molecule is CCNCCCC(=O)O.[Li]. The molecule has 0 unspecified atom stereocenters. The summed E-state index contributed by atoms with van der Waals surface area (Å²) in [6.45, 7) is 3.73. The molecular weight excluding hydrogens is 125 g/mol. The summed E-state index contributed by atoms with van der Waals surface area (Å²) in [5, 5.41) is 11.2. The van der Waals surface area contributed by atoms with Crippen molar-refractivity contribution in [2.75, 3.05) is 13.1 Å². The Bertz CT molecular complexity index is 87.8. The molecule has 2 N–H and O–H groups in total. The van der Waals surface area contributed by atoms with E-state index in [9.17, 15) is 4.79 Å². The van der Waals surface area contributed by atoms with E-state index in [1.54, 1.807) is 0 Å². The van der Waals surface area contributed by atoms with Crippen LogP contribution in [0.4, 0.5) is 0 Å². The van der Waals surface area contributed by atoms with Crippen molar-refractivity contribution in [2.24, 2.45) is 0 Å². The van der Waals surface area contributed by atoms with Gasteiger partial charge in [0.25, 0.3) is 0 Å². The van der Waals surface area contributed by atoms with Crippen LogP contribution in [0.1, 0.15) is 19.8 Å². The number of hydrogen-bond donors (Lipinski definition) is 2. The number of rotatable bonds is 5. The quantitative estimate of drug-likeness (QED) is 0.418. The molecule has 1 radical (unpaired) electrons. The zero-order chi connectivity index (χ0) is 7.11. The number of carboxylic acids is 1. The second-order valence-corrected chi connectivity index (χ2v) is 1.85. The van der Waals surface area contributed by atoms with E-state index < -0.39 is 5.97 Å². The predicted octanol–water partition coefficient (Wildman–Crippen LogP) is 0.0799. The Balaban J connectivity index is 0. The first-order chi connectivity index (χ1) is 4.27. The molecule has 0 heterocycles. The van der Waals surface area contributed by atoms with Crippen LogP contribution in [0.3, 0.4) is 0 Å². The third-order valence-corrected chi connectivity index (χ3v) is 0.994. The average Bonchev–Trinajstić information content (AvgIpc) is 1.80. The topological polar surface area (TPSA) is 49.3 Å². The molecule has 0 atom stereocenters. The summed E-state index contributed by atoms with van der Waals surface area (Å²) in [6, 6.07) is 0. The maximum atomic E-state index is 9.93. The smallest absolute Gasteiger partial charge is 0.303 e. The number of carboxylic acid groups (broad SMARTS) is 1. The van der Waals surface area contributed by atoms with Gasteiger partial charge in [0.2, 0.25) is 0 Å². The van der Waals surface area contributed by atoms with Gasteiger partial charge in [0.15, 0.2) is 0 Å². The summed E-state index contributed by atoms with van der Waals surface area (Å²) in [4.78, 5) is 9.93. The van der Waals surface area contributed by atoms with Gasteiger partial charge in [0.1, 0.15) is 0 Å². The van der Waals surface area contributed by atoms with Gasteiger partial charge in [-0.1, -0.05) is 6.92 Å². The molecule has 55 valence electrons. The van der Waals surface area contributed by atoms with E-state index in [0.29, 0.717) is 0 Å². The molecule has 0 amide bonds. The second-order valence-electron chi connectivity index (χ2n) is 1.85. The minimum absolute atomic E-state index is 0. The van der Waals surface area contributed by atoms with Crippen molar-refractivity contribution in [1.82, 2.24) is 5.32 Å². The van der Waals surface area contributed by atoms with E-state index in [4.69, 9.17) is 5.11 Å². The first-order valence-corrected chi connectivity index (χ1v) is 3.20. The molecule has 0 saturated heterocycles. The van der Waals surface area contributed by atoms with Crippen molar-refractivity contribution in [2.45, 2.75) is 19.8 Å². The van der Waals surface area contributed by atoms with Crippen molar-refractivity contribution >= 4 is 24.8 Å². The molecule has 0 fully saturated rings. The summed E-state index contributed by atoms with van der Waals surface area (Å²) < 4.78 is 0. The number of hydrogen-bond acceptors (Lipinski definition) is 2. The Morgan fingerprint density at radius 1 is 1.60 bits per heavy atom. The van der Waals surface area contributed by atoms with Crippen LogP contribution >= 0.6 is 0 Å². The van der Waals surface area contributed by atoms with Crippen molar-refractivity contribution in [3.8, 4) is 0 Å². The van der Waals surface area contributed by atoms with Crippen LogP contribution in [0.15, 0.2) is 0 Å². The van der Waals surface area contributed by atoms with Gasteiger partial charge in [-0.2, -0.15) is 0 Å². The average molecular weight is 138 g/mol. The molecule has 0 bridgehead atoms. The van der Waals surface area contributed by atoms with E-state index in [-0.39, 0.29) is 25.3 Å². The van der Waals surface area contributed by atoms with Crippen LogP contribution in [0.25, 0.3) is 0 Å². The van der Waals surface area contributed by atoms with E-state index >= 15 is 0 Å². The van der Waals surface area contributed by atoms with Crippen molar-refractivity contribution in [3.63, 3.8) is 0 Å². The third-order valence-electron chi connectivity index (χ3n) is 0.994. The minimum atomic E-state index is -0.715. The van der Waals surface area contributed by atoms with Gasteiger partial charge in [-0.3, -0.25) is 4.79 Å². The number of aliphatic carboxylic acids is 1. The summed E-state index contributed by atoms with van der Waals surface area (Å²) in [5.74, 6) is -0.715. The largest absolute Gasteiger partial charge is 0.481 e. The Labute approximate surface area is 73.4 Å². The van der Waals surface area contributed by atoms with Crippen molar-refractivity contribution in [3.05, 3.63) is 0 Å². The van der Waals surface area contributed by atoms with Crippen LogP contribution in [0, 0.1) is 0 Å². The standard InChI is InChI=1S/C6H13NO2.Li/c1-2-7-5-3-4-6(8)9;/h7H,2-5H2,1H3,(H,8,9);. The molecule has 0 rings (SSSR count). The fourth-order valence-electron chi connectivity index (χ4n) is 0.541. The van der Waals surface area contributed by atoms with Gasteiger partial charge in [0.05, 0.1) is 0 Å². The summed E-state index contributed by atoms with van der Waals surface area (Å²) in [6.07, 6.45) is 0.996. The maximum absolute atomic E-state index is 9.93. The fraction of sp³-hybridized carbons (Fsp3) is 0.833. The van der Waals surface area contributed by atoms with E-state index in [1.165, 1.54) is 0 Å². The van der Waals surface area contributed by atoms with Gasteiger partial charge in [0, 0.05) is 25.3 Å². The van der Waals surface area contributed by atoms with Crippen molar-refractivity contribution < 1.29 is 9.90 Å². The molecule has 0 aliphatic heterocycles. The van der Waals surface area contributed by atoms with Crippen LogP contribution in [-0.2, 0) is 4.79 Å². The van der Waals surface area contributed by atoms with Crippen LogP contribution in [0.2, 0.25) is 0 Å². The maximum Gasteiger partial charge on any atom is 0.303 e. The first-order valence-electron chi connectivity index (χ1n) is 3.20. The molecule has 0 saturated carbocycles. The summed E-state index contributed by atoms with van der Waals surface area (Å²) >= 11 is 0. The summed E-state index contributed by atoms with van der Waals surface area (Å²) in [7, 11) is 0. The van der Waals surface area contributed by atoms with E-state index in [2.05, 4.69) is 5.32 Å². The van der Waals surface area contributed by atoms with Crippen LogP contribution in [0.5, 0.6) is 0 Å². The number of carbonyl (C=O) groups is 1. The fourth-order valence-corrected chi connectivity index (χ4v) is 0.541. The van der Waals surface area contributed by atoms with E-state index in [1.807, 2.05) is 6.92 Å². The Kier molecular flexibility index (Phi) is 11.4. The van der Waals surface area contributed by atoms with Gasteiger partial charge in [-0.25, -0.2) is 0 Å². The minimum Gasteiger partial charge on any atom is -0.481 e. The zero-order valence-electron chi connectivity index (χ0n) is 6.68. The monoisotopic (exact) mass is 138 g/mol. The van der Waals surface area contributed by atoms with Gasteiger partial charge in [-0.05, 0) is 19.5 Å². The van der Waals surface area contributed by atoms with Gasteiger partial charge < -0.3 is 10.4 Å². The van der Waals surface area contributed by atoms with Crippen LogP contribution in [-0.4, -0.2) is 43.0 Å². The normalized spacial score (nSPS) is 8.50. The molecule has 0 spiro atoms. The van der Waals surface area contributed by atoms with Crippen LogP contribution < -0.4 is 5.32 Å². The molecular formula is C6H13LiNO2. The number of nitrogens with one attached hydrogen (secondary N) is 1. The molecule has 3 nitrogen and oxygen atoms in total. The second kappa shape index (κ2) is 9.03. The Morgan fingerprint density at radius 2 is 2.20 bits per heavy atom. The van der Waals surface area contributed by atoms with Crippen molar-refractivity contribution in [1.29, 1.82) is 0 Å². The molecule has 0 aliphatic carbocycles. The first kappa shape index (κ1) is 12.7.